The first kappa shape index (κ1) is 19.3. The molecule has 0 spiro atoms. The molecule has 0 unspecified atom stereocenters. The molecular formula is C21H21NO6S. The van der Waals surface area contributed by atoms with E-state index >= 15 is 0 Å². The molecule has 2 heterocycles. The first-order valence-electron chi connectivity index (χ1n) is 9.22. The number of furan rings is 1. The highest BCUT2D eigenvalue weighted by molar-refractivity contribution is 7.91. The van der Waals surface area contributed by atoms with Crippen LogP contribution in [0.3, 0.4) is 0 Å². The lowest BCUT2D eigenvalue weighted by atomic mass is 10.0. The van der Waals surface area contributed by atoms with Gasteiger partial charge in [-0.05, 0) is 42.3 Å². The Labute approximate surface area is 168 Å². The lowest BCUT2D eigenvalue weighted by Crippen LogP contribution is -2.38. The summed E-state index contributed by atoms with van der Waals surface area (Å²) in [6.07, 6.45) is 2.13. The predicted octanol–water partition coefficient (Wildman–Crippen LogP) is 2.79. The highest BCUT2D eigenvalue weighted by atomic mass is 32.2. The van der Waals surface area contributed by atoms with E-state index in [0.29, 0.717) is 17.8 Å². The van der Waals surface area contributed by atoms with E-state index in [-0.39, 0.29) is 30.1 Å². The second kappa shape index (κ2) is 7.79. The van der Waals surface area contributed by atoms with Crippen molar-refractivity contribution in [1.29, 1.82) is 0 Å². The van der Waals surface area contributed by atoms with E-state index < -0.39 is 9.84 Å². The number of methoxy groups -OCH3 is 1. The smallest absolute Gasteiger partial charge is 0.258 e. The van der Waals surface area contributed by atoms with Crippen molar-refractivity contribution >= 4 is 26.7 Å². The number of hydrogen-bond acceptors (Lipinski definition) is 6. The standard InChI is InChI=1S/C21H21NO6S/c1-26-16-4-2-14(3-5-16)19-11-28-20-7-6-17(10-18(19)20)27-12-21(23)22-15-8-9-29(24,25)13-15/h2-7,10-11,15H,8-9,12-13H2,1H3,(H,22,23)/t15-/m0/s1. The van der Waals surface area contributed by atoms with Crippen molar-refractivity contribution in [2.45, 2.75) is 12.5 Å². The molecule has 1 atom stereocenters. The molecule has 1 N–H and O–H groups in total. The van der Waals surface area contributed by atoms with Crippen molar-refractivity contribution in [2.75, 3.05) is 25.2 Å². The molecule has 2 aromatic carbocycles. The van der Waals surface area contributed by atoms with Crippen LogP contribution in [0, 0.1) is 0 Å². The van der Waals surface area contributed by atoms with Gasteiger partial charge in [0.2, 0.25) is 0 Å². The van der Waals surface area contributed by atoms with Gasteiger partial charge in [-0.1, -0.05) is 12.1 Å². The number of rotatable bonds is 6. The van der Waals surface area contributed by atoms with Crippen molar-refractivity contribution < 1.29 is 27.1 Å². The van der Waals surface area contributed by atoms with E-state index in [1.54, 1.807) is 25.5 Å². The topological polar surface area (TPSA) is 94.8 Å². The predicted molar refractivity (Wildman–Crippen MR) is 109 cm³/mol. The number of nitrogens with one attached hydrogen (secondary N) is 1. The molecule has 4 rings (SSSR count). The second-order valence-electron chi connectivity index (χ2n) is 6.99. The zero-order valence-corrected chi connectivity index (χ0v) is 16.7. The number of sulfone groups is 1. The first-order valence-corrected chi connectivity index (χ1v) is 11.0. The van der Waals surface area contributed by atoms with Crippen molar-refractivity contribution in [3.05, 3.63) is 48.7 Å². The average molecular weight is 415 g/mol. The highest BCUT2D eigenvalue weighted by Gasteiger charge is 2.28. The van der Waals surface area contributed by atoms with E-state index in [4.69, 9.17) is 13.9 Å². The minimum atomic E-state index is -3.04. The zero-order valence-electron chi connectivity index (χ0n) is 15.9. The van der Waals surface area contributed by atoms with Crippen LogP contribution in [0.25, 0.3) is 22.1 Å². The van der Waals surface area contributed by atoms with Crippen LogP contribution in [-0.2, 0) is 14.6 Å². The Hall–Kier alpha value is -3.00. The van der Waals surface area contributed by atoms with E-state index in [1.807, 2.05) is 30.3 Å². The third-order valence-electron chi connectivity index (χ3n) is 4.91. The molecule has 0 saturated carbocycles. The van der Waals surface area contributed by atoms with Crippen LogP contribution in [0.1, 0.15) is 6.42 Å². The Morgan fingerprint density at radius 1 is 1.17 bits per heavy atom. The molecule has 3 aromatic rings. The molecule has 29 heavy (non-hydrogen) atoms. The van der Waals surface area contributed by atoms with Gasteiger partial charge in [0.15, 0.2) is 16.4 Å². The zero-order chi connectivity index (χ0) is 20.4. The molecule has 152 valence electrons. The number of hydrogen-bond donors (Lipinski definition) is 1. The maximum atomic E-state index is 12.1. The Balaban J connectivity index is 1.45. The molecule has 0 bridgehead atoms. The van der Waals surface area contributed by atoms with E-state index in [0.717, 1.165) is 22.3 Å². The molecule has 1 aliphatic heterocycles. The summed E-state index contributed by atoms with van der Waals surface area (Å²) in [6, 6.07) is 12.7. The molecule has 1 saturated heterocycles. The van der Waals surface area contributed by atoms with Crippen LogP contribution in [0.2, 0.25) is 0 Å². The largest absolute Gasteiger partial charge is 0.497 e. The van der Waals surface area contributed by atoms with Gasteiger partial charge in [0, 0.05) is 17.0 Å². The normalized spacial score (nSPS) is 17.9. The van der Waals surface area contributed by atoms with Crippen LogP contribution in [-0.4, -0.2) is 45.6 Å². The average Bonchev–Trinajstić information content (AvgIpc) is 3.28. The van der Waals surface area contributed by atoms with Gasteiger partial charge in [-0.25, -0.2) is 8.42 Å². The number of amides is 1. The molecule has 1 fully saturated rings. The number of fused-ring (bicyclic) bond motifs is 1. The second-order valence-corrected chi connectivity index (χ2v) is 9.22. The molecule has 1 amide bonds. The van der Waals surface area contributed by atoms with Gasteiger partial charge < -0.3 is 19.2 Å². The lowest BCUT2D eigenvalue weighted by Gasteiger charge is -2.11. The third-order valence-corrected chi connectivity index (χ3v) is 6.68. The Kier molecular flexibility index (Phi) is 5.19. The van der Waals surface area contributed by atoms with Crippen molar-refractivity contribution in [2.24, 2.45) is 0 Å². The maximum Gasteiger partial charge on any atom is 0.258 e. The van der Waals surface area contributed by atoms with Gasteiger partial charge >= 0.3 is 0 Å². The lowest BCUT2D eigenvalue weighted by molar-refractivity contribution is -0.123. The van der Waals surface area contributed by atoms with Gasteiger partial charge in [0.1, 0.15) is 17.1 Å². The van der Waals surface area contributed by atoms with Crippen molar-refractivity contribution in [1.82, 2.24) is 5.32 Å². The Morgan fingerprint density at radius 2 is 1.93 bits per heavy atom. The monoisotopic (exact) mass is 415 g/mol. The molecule has 1 aromatic heterocycles. The summed E-state index contributed by atoms with van der Waals surface area (Å²) in [4.78, 5) is 12.1. The van der Waals surface area contributed by atoms with Crippen LogP contribution in [0.5, 0.6) is 11.5 Å². The molecule has 8 heteroatoms. The summed E-state index contributed by atoms with van der Waals surface area (Å²) in [5.41, 5.74) is 2.60. The van der Waals surface area contributed by atoms with E-state index in [2.05, 4.69) is 5.32 Å². The van der Waals surface area contributed by atoms with Gasteiger partial charge in [-0.2, -0.15) is 0 Å². The highest BCUT2D eigenvalue weighted by Crippen LogP contribution is 2.33. The number of ether oxygens (including phenoxy) is 2. The molecular weight excluding hydrogens is 394 g/mol. The number of benzene rings is 2. The van der Waals surface area contributed by atoms with Crippen molar-refractivity contribution in [3.63, 3.8) is 0 Å². The third kappa shape index (κ3) is 4.37. The van der Waals surface area contributed by atoms with Gasteiger partial charge in [-0.3, -0.25) is 4.79 Å². The minimum Gasteiger partial charge on any atom is -0.497 e. The first-order chi connectivity index (χ1) is 13.9. The number of carbonyl (C=O) groups excluding carboxylic acids is 1. The molecule has 0 radical (unpaired) electrons. The van der Waals surface area contributed by atoms with Crippen LogP contribution in [0.15, 0.2) is 53.1 Å². The summed E-state index contributed by atoms with van der Waals surface area (Å²) < 4.78 is 39.4. The summed E-state index contributed by atoms with van der Waals surface area (Å²) in [6.45, 7) is -0.183. The minimum absolute atomic E-state index is 0.00899. The van der Waals surface area contributed by atoms with Gasteiger partial charge in [0.05, 0.1) is 24.9 Å². The summed E-state index contributed by atoms with van der Waals surface area (Å²) in [5, 5.41) is 3.58. The summed E-state index contributed by atoms with van der Waals surface area (Å²) in [5.74, 6) is 1.07. The van der Waals surface area contributed by atoms with Gasteiger partial charge in [0.25, 0.3) is 5.91 Å². The maximum absolute atomic E-state index is 12.1. The molecule has 0 aliphatic carbocycles. The molecule has 7 nitrogen and oxygen atoms in total. The van der Waals surface area contributed by atoms with Crippen molar-refractivity contribution in [3.8, 4) is 22.6 Å². The molecule has 1 aliphatic rings. The quantitative estimate of drug-likeness (QED) is 0.665. The summed E-state index contributed by atoms with van der Waals surface area (Å²) in [7, 11) is -1.42. The van der Waals surface area contributed by atoms with Crippen LogP contribution in [0.4, 0.5) is 0 Å². The van der Waals surface area contributed by atoms with E-state index in [1.165, 1.54) is 0 Å². The van der Waals surface area contributed by atoms with Gasteiger partial charge in [-0.15, -0.1) is 0 Å². The van der Waals surface area contributed by atoms with E-state index in [9.17, 15) is 13.2 Å². The summed E-state index contributed by atoms with van der Waals surface area (Å²) >= 11 is 0. The van der Waals surface area contributed by atoms with Crippen LogP contribution >= 0.6 is 0 Å². The Bertz CT molecular complexity index is 1130. The fourth-order valence-electron chi connectivity index (χ4n) is 3.42. The Morgan fingerprint density at radius 3 is 2.62 bits per heavy atom. The fraction of sp³-hybridized carbons (Fsp3) is 0.286. The fourth-order valence-corrected chi connectivity index (χ4v) is 5.09. The SMILES string of the molecule is COc1ccc(-c2coc3ccc(OCC(=O)N[C@H]4CCS(=O)(=O)C4)cc23)cc1. The number of carbonyl (C=O) groups is 1. The van der Waals surface area contributed by atoms with Crippen LogP contribution < -0.4 is 14.8 Å².